The van der Waals surface area contributed by atoms with Gasteiger partial charge in [0.1, 0.15) is 0 Å². The topological polar surface area (TPSA) is 30.7 Å². The normalized spacial score (nSPS) is 21.3. The van der Waals surface area contributed by atoms with E-state index in [9.17, 15) is 0 Å². The van der Waals surface area contributed by atoms with E-state index in [1.165, 1.54) is 19.3 Å². The molecule has 0 radical (unpaired) electrons. The Bertz CT molecular complexity index is 260. The van der Waals surface area contributed by atoms with Gasteiger partial charge < -0.3 is 0 Å². The fourth-order valence-electron chi connectivity index (χ4n) is 1.59. The summed E-state index contributed by atoms with van der Waals surface area (Å²) in [6, 6.07) is 0. The summed E-state index contributed by atoms with van der Waals surface area (Å²) < 4.78 is 1.78. The summed E-state index contributed by atoms with van der Waals surface area (Å²) in [7, 11) is 1.92. The first-order chi connectivity index (χ1) is 5.21. The summed E-state index contributed by atoms with van der Waals surface area (Å²) in [5, 5.41) is 8.05. The molecular weight excluding hydrogens is 138 g/mol. The van der Waals surface area contributed by atoms with Crippen molar-refractivity contribution in [1.29, 1.82) is 0 Å². The van der Waals surface area contributed by atoms with Crippen molar-refractivity contribution in [3.05, 3.63) is 11.9 Å². The van der Waals surface area contributed by atoms with E-state index in [2.05, 4.69) is 17.2 Å². The highest BCUT2D eigenvalue weighted by Gasteiger charge is 2.35. The van der Waals surface area contributed by atoms with E-state index in [0.717, 1.165) is 5.69 Å². The van der Waals surface area contributed by atoms with Crippen LogP contribution in [0.25, 0.3) is 0 Å². The molecule has 0 N–H and O–H groups in total. The van der Waals surface area contributed by atoms with Gasteiger partial charge in [0.2, 0.25) is 0 Å². The molecule has 0 aromatic carbocycles. The van der Waals surface area contributed by atoms with E-state index in [1.807, 2.05) is 13.2 Å². The quantitative estimate of drug-likeness (QED) is 0.605. The largest absolute Gasteiger partial charge is 0.255 e. The van der Waals surface area contributed by atoms with Crippen LogP contribution in [0.15, 0.2) is 6.20 Å². The number of aryl methyl sites for hydroxylation is 1. The zero-order valence-electron chi connectivity index (χ0n) is 7.04. The molecule has 11 heavy (non-hydrogen) atoms. The summed E-state index contributed by atoms with van der Waals surface area (Å²) in [4.78, 5) is 0. The van der Waals surface area contributed by atoms with Gasteiger partial charge in [0.05, 0.1) is 5.69 Å². The van der Waals surface area contributed by atoms with Crippen LogP contribution in [0.2, 0.25) is 0 Å². The first-order valence-corrected chi connectivity index (χ1v) is 4.07. The van der Waals surface area contributed by atoms with E-state index in [4.69, 9.17) is 0 Å². The Morgan fingerprint density at radius 3 is 2.64 bits per heavy atom. The van der Waals surface area contributed by atoms with Crippen LogP contribution in [0.1, 0.15) is 31.9 Å². The summed E-state index contributed by atoms with van der Waals surface area (Å²) in [5.41, 5.74) is 1.50. The molecule has 1 aliphatic carbocycles. The van der Waals surface area contributed by atoms with Gasteiger partial charge in [-0.2, -0.15) is 0 Å². The van der Waals surface area contributed by atoms with Crippen molar-refractivity contribution in [3.63, 3.8) is 0 Å². The SMILES string of the molecule is Cn1cc(C2(C)CCC2)nn1. The van der Waals surface area contributed by atoms with Crippen LogP contribution in [-0.2, 0) is 12.5 Å². The van der Waals surface area contributed by atoms with Crippen LogP contribution >= 0.6 is 0 Å². The molecule has 0 spiro atoms. The van der Waals surface area contributed by atoms with Crippen LogP contribution in [0.3, 0.4) is 0 Å². The third kappa shape index (κ3) is 0.951. The number of rotatable bonds is 1. The molecule has 0 bridgehead atoms. The summed E-state index contributed by atoms with van der Waals surface area (Å²) in [6.45, 7) is 2.26. The minimum absolute atomic E-state index is 0.342. The van der Waals surface area contributed by atoms with E-state index in [-0.39, 0.29) is 0 Å². The Labute approximate surface area is 66.4 Å². The molecule has 0 atom stereocenters. The van der Waals surface area contributed by atoms with Crippen LogP contribution in [0.4, 0.5) is 0 Å². The lowest BCUT2D eigenvalue weighted by Crippen LogP contribution is -2.30. The maximum absolute atomic E-state index is 4.12. The summed E-state index contributed by atoms with van der Waals surface area (Å²) in [6.07, 6.45) is 5.91. The van der Waals surface area contributed by atoms with Gasteiger partial charge >= 0.3 is 0 Å². The number of aromatic nitrogens is 3. The van der Waals surface area contributed by atoms with Crippen molar-refractivity contribution in [2.45, 2.75) is 31.6 Å². The highest BCUT2D eigenvalue weighted by Crippen LogP contribution is 2.41. The first-order valence-electron chi connectivity index (χ1n) is 4.07. The lowest BCUT2D eigenvalue weighted by atomic mass is 9.68. The Hall–Kier alpha value is -0.860. The highest BCUT2D eigenvalue weighted by molar-refractivity contribution is 5.14. The summed E-state index contributed by atoms with van der Waals surface area (Å²) in [5.74, 6) is 0. The van der Waals surface area contributed by atoms with Gasteiger partial charge in [-0.3, -0.25) is 4.68 Å². The van der Waals surface area contributed by atoms with Gasteiger partial charge in [0.15, 0.2) is 0 Å². The van der Waals surface area contributed by atoms with Crippen molar-refractivity contribution in [1.82, 2.24) is 15.0 Å². The van der Waals surface area contributed by atoms with Crippen molar-refractivity contribution in [2.24, 2.45) is 7.05 Å². The minimum Gasteiger partial charge on any atom is -0.255 e. The van der Waals surface area contributed by atoms with Crippen LogP contribution in [-0.4, -0.2) is 15.0 Å². The van der Waals surface area contributed by atoms with Gasteiger partial charge in [-0.1, -0.05) is 18.6 Å². The van der Waals surface area contributed by atoms with Gasteiger partial charge in [-0.05, 0) is 12.8 Å². The van der Waals surface area contributed by atoms with E-state index in [1.54, 1.807) is 4.68 Å². The van der Waals surface area contributed by atoms with Crippen LogP contribution in [0.5, 0.6) is 0 Å². The van der Waals surface area contributed by atoms with E-state index >= 15 is 0 Å². The molecule has 1 saturated carbocycles. The molecule has 0 unspecified atom stereocenters. The molecule has 0 aliphatic heterocycles. The molecule has 3 nitrogen and oxygen atoms in total. The minimum atomic E-state index is 0.342. The van der Waals surface area contributed by atoms with Gasteiger partial charge in [-0.15, -0.1) is 5.10 Å². The predicted molar refractivity (Wildman–Crippen MR) is 42.2 cm³/mol. The molecule has 1 aromatic rings. The van der Waals surface area contributed by atoms with Crippen molar-refractivity contribution >= 4 is 0 Å². The zero-order valence-corrected chi connectivity index (χ0v) is 7.04. The molecule has 0 saturated heterocycles. The van der Waals surface area contributed by atoms with Crippen LogP contribution < -0.4 is 0 Å². The lowest BCUT2D eigenvalue weighted by molar-refractivity contribution is 0.264. The standard InChI is InChI=1S/C8H13N3/c1-8(4-3-5-8)7-6-11(2)10-9-7/h6H,3-5H2,1-2H3. The highest BCUT2D eigenvalue weighted by atomic mass is 15.4. The van der Waals surface area contributed by atoms with E-state index in [0.29, 0.717) is 5.41 Å². The van der Waals surface area contributed by atoms with Crippen molar-refractivity contribution in [2.75, 3.05) is 0 Å². The molecule has 3 heteroatoms. The number of hydrogen-bond donors (Lipinski definition) is 0. The third-order valence-corrected chi connectivity index (χ3v) is 2.68. The fraction of sp³-hybridized carbons (Fsp3) is 0.750. The average Bonchev–Trinajstić information content (AvgIpc) is 2.31. The lowest BCUT2D eigenvalue weighted by Gasteiger charge is -2.36. The molecule has 1 aliphatic rings. The Kier molecular flexibility index (Phi) is 1.28. The maximum Gasteiger partial charge on any atom is 0.0885 e. The Balaban J connectivity index is 2.28. The van der Waals surface area contributed by atoms with E-state index < -0.39 is 0 Å². The fourth-order valence-corrected chi connectivity index (χ4v) is 1.59. The molecule has 0 amide bonds. The molecule has 2 rings (SSSR count). The van der Waals surface area contributed by atoms with Gasteiger partial charge in [-0.25, -0.2) is 0 Å². The van der Waals surface area contributed by atoms with Gasteiger partial charge in [0, 0.05) is 18.7 Å². The number of hydrogen-bond acceptors (Lipinski definition) is 2. The van der Waals surface area contributed by atoms with Crippen LogP contribution in [0, 0.1) is 0 Å². The summed E-state index contributed by atoms with van der Waals surface area (Å²) >= 11 is 0. The molecule has 1 aromatic heterocycles. The second-order valence-corrected chi connectivity index (χ2v) is 3.69. The van der Waals surface area contributed by atoms with Crippen molar-refractivity contribution < 1.29 is 0 Å². The molecule has 60 valence electrons. The molecule has 1 heterocycles. The predicted octanol–water partition coefficient (Wildman–Crippen LogP) is 1.26. The third-order valence-electron chi connectivity index (χ3n) is 2.68. The molecular formula is C8H13N3. The Morgan fingerprint density at radius 2 is 2.27 bits per heavy atom. The zero-order chi connectivity index (χ0) is 7.90. The second-order valence-electron chi connectivity index (χ2n) is 3.69. The van der Waals surface area contributed by atoms with Crippen molar-refractivity contribution in [3.8, 4) is 0 Å². The Morgan fingerprint density at radius 1 is 1.55 bits per heavy atom. The maximum atomic E-state index is 4.12. The van der Waals surface area contributed by atoms with Gasteiger partial charge in [0.25, 0.3) is 0 Å². The average molecular weight is 151 g/mol. The monoisotopic (exact) mass is 151 g/mol. The first kappa shape index (κ1) is 6.83. The number of nitrogens with zero attached hydrogens (tertiary/aromatic N) is 3. The molecule has 1 fully saturated rings. The smallest absolute Gasteiger partial charge is 0.0885 e. The second kappa shape index (κ2) is 2.06.